The first-order valence-electron chi connectivity index (χ1n) is 5.77. The number of hydrogen-bond acceptors (Lipinski definition) is 3. The minimum atomic E-state index is -2.62. The molecule has 0 radical (unpaired) electrons. The fraction of sp³-hybridized carbons (Fsp3) is 0.500. The van der Waals surface area contributed by atoms with Crippen LogP contribution in [0.25, 0.3) is 0 Å². The summed E-state index contributed by atoms with van der Waals surface area (Å²) in [6.07, 6.45) is 4.73. The molecule has 0 aliphatic rings. The van der Waals surface area contributed by atoms with Gasteiger partial charge in [-0.25, -0.2) is 13.6 Å². The number of anilines is 1. The van der Waals surface area contributed by atoms with E-state index in [-0.39, 0.29) is 0 Å². The molecule has 5 heteroatoms. The Hall–Kier alpha value is -1.07. The maximum atomic E-state index is 8.81. The van der Waals surface area contributed by atoms with Crippen LogP contribution in [0.2, 0.25) is 0 Å². The van der Waals surface area contributed by atoms with Gasteiger partial charge >= 0.3 is 0 Å². The van der Waals surface area contributed by atoms with Crippen molar-refractivity contribution in [1.82, 2.24) is 0 Å². The molecule has 0 aliphatic carbocycles. The number of nitrogen functional groups attached to an aromatic ring is 1. The average Bonchev–Trinajstić information content (AvgIpc) is 2.22. The summed E-state index contributed by atoms with van der Waals surface area (Å²) >= 11 is 0. The van der Waals surface area contributed by atoms with E-state index < -0.39 is 10.9 Å². The van der Waals surface area contributed by atoms with Gasteiger partial charge in [-0.05, 0) is 36.1 Å². The number of hydrogen-bond donors (Lipinski definition) is 3. The van der Waals surface area contributed by atoms with E-state index in [4.69, 9.17) is 14.2 Å². The van der Waals surface area contributed by atoms with Gasteiger partial charge in [0.2, 0.25) is 0 Å². The van der Waals surface area contributed by atoms with Gasteiger partial charge in [-0.1, -0.05) is 32.8 Å². The Morgan fingerprint density at radius 1 is 1.06 bits per heavy atom. The van der Waals surface area contributed by atoms with Gasteiger partial charge in [0.25, 0.3) is 0 Å². The van der Waals surface area contributed by atoms with Crippen LogP contribution in [-0.2, 0) is 23.7 Å². The zero-order valence-corrected chi connectivity index (χ0v) is 11.4. The smallest absolute Gasteiger partial charge is 0.198 e. The normalized spacial score (nSPS) is 9.88. The Morgan fingerprint density at radius 2 is 1.53 bits per heavy atom. The lowest BCUT2D eigenvalue weighted by Gasteiger charge is -2.08. The summed E-state index contributed by atoms with van der Waals surface area (Å²) in [7, 11) is -2.62. The number of thiol groups is 1. The first-order valence-corrected chi connectivity index (χ1v) is 7.02. The third kappa shape index (κ3) is 7.76. The van der Waals surface area contributed by atoms with Crippen molar-refractivity contribution in [3.8, 4) is 0 Å². The summed E-state index contributed by atoms with van der Waals surface area (Å²) in [6, 6.07) is 6.29. The van der Waals surface area contributed by atoms with E-state index in [1.807, 2.05) is 6.07 Å². The number of rotatable bonds is 4. The fourth-order valence-corrected chi connectivity index (χ4v) is 1.66. The third-order valence-electron chi connectivity index (χ3n) is 2.27. The molecule has 17 heavy (non-hydrogen) atoms. The van der Waals surface area contributed by atoms with Crippen molar-refractivity contribution in [2.75, 3.05) is 5.73 Å². The molecule has 0 atom stereocenters. The lowest BCUT2D eigenvalue weighted by molar-refractivity contribution is 0.616. The molecule has 0 aromatic heterocycles. The zero-order chi connectivity index (χ0) is 13.3. The first kappa shape index (κ1) is 15.9. The van der Waals surface area contributed by atoms with Crippen LogP contribution in [0.1, 0.15) is 37.8 Å². The van der Waals surface area contributed by atoms with Crippen molar-refractivity contribution in [2.45, 2.75) is 39.5 Å². The summed E-state index contributed by atoms with van der Waals surface area (Å²) in [5.41, 5.74) is 9.55. The molecule has 0 amide bonds. The minimum absolute atomic E-state index is 0.892. The molecule has 98 valence electrons. The van der Waals surface area contributed by atoms with Crippen LogP contribution in [0.5, 0.6) is 0 Å². The molecule has 0 saturated heterocycles. The van der Waals surface area contributed by atoms with Crippen LogP contribution in [0.4, 0.5) is 5.69 Å². The molecule has 1 aromatic rings. The predicted molar refractivity (Wildman–Crippen MR) is 73.3 cm³/mol. The molecule has 0 spiro atoms. The van der Waals surface area contributed by atoms with Gasteiger partial charge < -0.3 is 5.73 Å². The van der Waals surface area contributed by atoms with Gasteiger partial charge in [0, 0.05) is 5.69 Å². The molecule has 1 rings (SSSR count). The maximum absolute atomic E-state index is 8.81. The summed E-state index contributed by atoms with van der Waals surface area (Å²) < 4.78 is 17.6. The quantitative estimate of drug-likeness (QED) is 0.567. The van der Waals surface area contributed by atoms with Crippen LogP contribution < -0.4 is 10.9 Å². The second-order valence-electron chi connectivity index (χ2n) is 3.81. The summed E-state index contributed by atoms with van der Waals surface area (Å²) in [4.78, 5) is 0. The van der Waals surface area contributed by atoms with E-state index >= 15 is 0 Å². The van der Waals surface area contributed by atoms with Crippen molar-refractivity contribution in [3.05, 3.63) is 29.3 Å². The summed E-state index contributed by atoms with van der Waals surface area (Å²) in [6.45, 7) is 4.42. The molecule has 4 N–H and O–H groups in total. The molecule has 0 fully saturated rings. The van der Waals surface area contributed by atoms with E-state index in [1.54, 1.807) is 0 Å². The van der Waals surface area contributed by atoms with Gasteiger partial charge in [-0.2, -0.15) is 0 Å². The highest BCUT2D eigenvalue weighted by atomic mass is 32.2. The van der Waals surface area contributed by atoms with Crippen molar-refractivity contribution < 1.29 is 8.42 Å². The van der Waals surface area contributed by atoms with Gasteiger partial charge in [0.15, 0.2) is 10.9 Å². The van der Waals surface area contributed by atoms with Crippen LogP contribution in [0.3, 0.4) is 0 Å². The molecule has 1 aromatic carbocycles. The number of nitrogens with two attached hydrogens (primary N) is 2. The van der Waals surface area contributed by atoms with Gasteiger partial charge in [0.05, 0.1) is 0 Å². The van der Waals surface area contributed by atoms with Crippen molar-refractivity contribution in [2.24, 2.45) is 5.14 Å². The van der Waals surface area contributed by atoms with E-state index in [2.05, 4.69) is 31.1 Å². The second kappa shape index (κ2) is 9.01. The van der Waals surface area contributed by atoms with Crippen molar-refractivity contribution in [3.63, 3.8) is 0 Å². The lowest BCUT2D eigenvalue weighted by Crippen LogP contribution is -1.96. The van der Waals surface area contributed by atoms with Crippen LogP contribution >= 0.6 is 0 Å². The highest BCUT2D eigenvalue weighted by Gasteiger charge is 2.00. The van der Waals surface area contributed by atoms with E-state index in [0.717, 1.165) is 12.1 Å². The summed E-state index contributed by atoms with van der Waals surface area (Å²) in [5, 5.41) is 4.06. The maximum Gasteiger partial charge on any atom is 0.198 e. The fourth-order valence-electron chi connectivity index (χ4n) is 1.66. The molecular weight excluding hydrogens is 236 g/mol. The monoisotopic (exact) mass is 258 g/mol. The highest BCUT2D eigenvalue weighted by molar-refractivity contribution is 7.69. The average molecular weight is 258 g/mol. The Labute approximate surface area is 105 Å². The molecule has 0 unspecified atom stereocenters. The Morgan fingerprint density at radius 3 is 2.00 bits per heavy atom. The van der Waals surface area contributed by atoms with Crippen LogP contribution in [0, 0.1) is 0 Å². The number of aryl methyl sites for hydroxylation is 2. The Bertz CT molecular complexity index is 395. The predicted octanol–water partition coefficient (Wildman–Crippen LogP) is 1.65. The van der Waals surface area contributed by atoms with Gasteiger partial charge in [-0.3, -0.25) is 0 Å². The highest BCUT2D eigenvalue weighted by Crippen LogP contribution is 2.16. The third-order valence-corrected chi connectivity index (χ3v) is 2.27. The molecular formula is C12H22N2O2S. The van der Waals surface area contributed by atoms with Crippen molar-refractivity contribution >= 4 is 16.6 Å². The minimum Gasteiger partial charge on any atom is -0.399 e. The molecule has 0 saturated carbocycles. The second-order valence-corrected chi connectivity index (χ2v) is 4.38. The largest absolute Gasteiger partial charge is 0.399 e. The number of benzene rings is 1. The van der Waals surface area contributed by atoms with E-state index in [9.17, 15) is 0 Å². The Kier molecular flexibility index (Phi) is 8.44. The Balaban J connectivity index is 0.000000557. The lowest BCUT2D eigenvalue weighted by atomic mass is 9.99. The van der Waals surface area contributed by atoms with Gasteiger partial charge in [0.1, 0.15) is 0 Å². The molecule has 0 aliphatic heterocycles. The van der Waals surface area contributed by atoms with Crippen LogP contribution in [-0.4, -0.2) is 8.42 Å². The molecule has 0 heterocycles. The van der Waals surface area contributed by atoms with Crippen LogP contribution in [0.15, 0.2) is 18.2 Å². The van der Waals surface area contributed by atoms with Crippen molar-refractivity contribution in [1.29, 1.82) is 0 Å². The standard InChI is InChI=1S/C12H19N.H3NO2S/c1-3-5-10-7-8-12(13)9-11(10)6-4-2;1-4(2)3/h7-9H,3-6,13H2,1-2H3;4H,(H2,1,2,3). The van der Waals surface area contributed by atoms with Gasteiger partial charge in [-0.15, -0.1) is 0 Å². The zero-order valence-electron chi connectivity index (χ0n) is 10.5. The summed E-state index contributed by atoms with van der Waals surface area (Å²) in [5.74, 6) is 0. The molecule has 0 bridgehead atoms. The van der Waals surface area contributed by atoms with E-state index in [0.29, 0.717) is 0 Å². The SMILES string of the molecule is CCCc1ccc(N)cc1CCC.N[SH](=O)=O. The first-order chi connectivity index (χ1) is 8.01. The molecule has 4 nitrogen and oxygen atoms in total. The topological polar surface area (TPSA) is 86.2 Å². The van der Waals surface area contributed by atoms with E-state index in [1.165, 1.54) is 30.4 Å².